The fraction of sp³-hybridized carbons (Fsp3) is 0.619. The number of nitrogens with zero attached hydrogens (tertiary/aromatic N) is 4. The van der Waals surface area contributed by atoms with Gasteiger partial charge in [-0.05, 0) is 49.4 Å². The Bertz CT molecular complexity index is 774. The number of likely N-dealkylation sites (tertiary alicyclic amines) is 1. The van der Waals surface area contributed by atoms with Crippen molar-refractivity contribution in [3.8, 4) is 6.07 Å². The van der Waals surface area contributed by atoms with E-state index in [4.69, 9.17) is 5.10 Å². The zero-order valence-electron chi connectivity index (χ0n) is 15.5. The smallest absolute Gasteiger partial charge is 0.127 e. The molecule has 2 saturated heterocycles. The Hall–Kier alpha value is -2.06. The van der Waals surface area contributed by atoms with Crippen LogP contribution in [-0.2, 0) is 0 Å². The largest absolute Gasteiger partial charge is 0.357 e. The van der Waals surface area contributed by atoms with E-state index >= 15 is 0 Å². The summed E-state index contributed by atoms with van der Waals surface area (Å²) >= 11 is 0. The van der Waals surface area contributed by atoms with Gasteiger partial charge in [-0.15, -0.1) is 0 Å². The molecule has 1 atom stereocenters. The molecule has 136 valence electrons. The molecule has 1 N–H and O–H groups in total. The van der Waals surface area contributed by atoms with Crippen molar-refractivity contribution in [3.05, 3.63) is 29.3 Å². The minimum Gasteiger partial charge on any atom is -0.357 e. The molecule has 1 spiro atoms. The summed E-state index contributed by atoms with van der Waals surface area (Å²) in [6.45, 7) is 6.69. The first-order chi connectivity index (χ1) is 12.7. The van der Waals surface area contributed by atoms with E-state index in [-0.39, 0.29) is 0 Å². The summed E-state index contributed by atoms with van der Waals surface area (Å²) in [6, 6.07) is 8.92. The maximum Gasteiger partial charge on any atom is 0.127 e. The number of amidine groups is 1. The van der Waals surface area contributed by atoms with Crippen LogP contribution in [0.1, 0.15) is 43.2 Å². The van der Waals surface area contributed by atoms with E-state index in [2.05, 4.69) is 33.4 Å². The van der Waals surface area contributed by atoms with Crippen molar-refractivity contribution >= 4 is 11.5 Å². The van der Waals surface area contributed by atoms with Gasteiger partial charge in [-0.1, -0.05) is 12.8 Å². The second-order valence-corrected chi connectivity index (χ2v) is 8.75. The highest BCUT2D eigenvalue weighted by Crippen LogP contribution is 2.41. The molecule has 5 nitrogen and oxygen atoms in total. The highest BCUT2D eigenvalue weighted by atomic mass is 15.5. The van der Waals surface area contributed by atoms with Crippen molar-refractivity contribution in [2.45, 2.75) is 45.1 Å². The fourth-order valence-corrected chi connectivity index (χ4v) is 5.23. The fourth-order valence-electron chi connectivity index (χ4n) is 5.23. The van der Waals surface area contributed by atoms with Crippen LogP contribution >= 0.6 is 0 Å². The van der Waals surface area contributed by atoms with Gasteiger partial charge in [-0.25, -0.2) is 0 Å². The van der Waals surface area contributed by atoms with Crippen molar-refractivity contribution < 1.29 is 0 Å². The number of hydrogen-bond donors (Lipinski definition) is 1. The average Bonchev–Trinajstić information content (AvgIpc) is 3.21. The first kappa shape index (κ1) is 16.1. The summed E-state index contributed by atoms with van der Waals surface area (Å²) < 4.78 is 0. The Labute approximate surface area is 155 Å². The lowest BCUT2D eigenvalue weighted by Crippen LogP contribution is -2.71. The summed E-state index contributed by atoms with van der Waals surface area (Å²) in [7, 11) is 0. The van der Waals surface area contributed by atoms with E-state index in [1.54, 1.807) is 0 Å². The van der Waals surface area contributed by atoms with Crippen LogP contribution in [0.5, 0.6) is 0 Å². The summed E-state index contributed by atoms with van der Waals surface area (Å²) in [6.07, 6.45) is 6.44. The molecule has 5 rings (SSSR count). The molecule has 1 unspecified atom stereocenters. The quantitative estimate of drug-likeness (QED) is 0.892. The molecular weight excluding hydrogens is 322 g/mol. The molecule has 1 aromatic carbocycles. The van der Waals surface area contributed by atoms with E-state index in [1.807, 2.05) is 13.0 Å². The van der Waals surface area contributed by atoms with Gasteiger partial charge < -0.3 is 10.2 Å². The van der Waals surface area contributed by atoms with E-state index in [0.717, 1.165) is 42.2 Å². The van der Waals surface area contributed by atoms with Crippen LogP contribution in [0.2, 0.25) is 0 Å². The number of hydrazone groups is 1. The molecule has 0 amide bonds. The summed E-state index contributed by atoms with van der Waals surface area (Å²) in [5.74, 6) is 2.02. The van der Waals surface area contributed by atoms with E-state index in [0.29, 0.717) is 11.5 Å². The Kier molecular flexibility index (Phi) is 3.72. The van der Waals surface area contributed by atoms with Crippen molar-refractivity contribution in [1.29, 1.82) is 5.26 Å². The Morgan fingerprint density at radius 2 is 2.00 bits per heavy atom. The van der Waals surface area contributed by atoms with Crippen molar-refractivity contribution in [1.82, 2.24) is 10.2 Å². The number of anilines is 1. The third kappa shape index (κ3) is 2.51. The van der Waals surface area contributed by atoms with Crippen molar-refractivity contribution in [2.24, 2.45) is 16.4 Å². The maximum absolute atomic E-state index is 9.23. The Morgan fingerprint density at radius 1 is 1.23 bits per heavy atom. The molecule has 0 bridgehead atoms. The SMILES string of the molecule is Cc1cc(N2N=C(N3CC4(CNC4)C3)CC2C2CCCC2)ccc1C#N. The zero-order valence-corrected chi connectivity index (χ0v) is 15.5. The molecule has 0 radical (unpaired) electrons. The lowest BCUT2D eigenvalue weighted by Gasteiger charge is -2.56. The summed E-state index contributed by atoms with van der Waals surface area (Å²) in [5.41, 5.74) is 3.48. The summed E-state index contributed by atoms with van der Waals surface area (Å²) in [5, 5.41) is 20.0. The third-order valence-corrected chi connectivity index (χ3v) is 6.89. The molecule has 3 fully saturated rings. The highest BCUT2D eigenvalue weighted by Gasteiger charge is 2.50. The molecule has 0 aromatic heterocycles. The first-order valence-corrected chi connectivity index (χ1v) is 10.0. The molecular formula is C21H27N5. The number of hydrogen-bond acceptors (Lipinski definition) is 5. The van der Waals surface area contributed by atoms with Gasteiger partial charge in [-0.2, -0.15) is 10.4 Å². The van der Waals surface area contributed by atoms with E-state index in [9.17, 15) is 5.26 Å². The van der Waals surface area contributed by atoms with Gasteiger partial charge in [0, 0.05) is 38.0 Å². The number of rotatable bonds is 2. The molecule has 1 aliphatic carbocycles. The average molecular weight is 349 g/mol. The van der Waals surface area contributed by atoms with Crippen LogP contribution in [0.4, 0.5) is 5.69 Å². The van der Waals surface area contributed by atoms with Crippen LogP contribution in [0, 0.1) is 29.6 Å². The highest BCUT2D eigenvalue weighted by molar-refractivity contribution is 5.87. The topological polar surface area (TPSA) is 54.7 Å². The number of aryl methyl sites for hydroxylation is 1. The molecule has 5 heteroatoms. The lowest BCUT2D eigenvalue weighted by molar-refractivity contribution is 0.00595. The molecule has 1 saturated carbocycles. The molecule has 3 heterocycles. The monoisotopic (exact) mass is 349 g/mol. The first-order valence-electron chi connectivity index (χ1n) is 10.0. The third-order valence-electron chi connectivity index (χ3n) is 6.89. The van der Waals surface area contributed by atoms with Crippen LogP contribution < -0.4 is 10.3 Å². The van der Waals surface area contributed by atoms with Crippen molar-refractivity contribution in [3.63, 3.8) is 0 Å². The minimum atomic E-state index is 0.482. The second kappa shape index (κ2) is 5.99. The van der Waals surface area contributed by atoms with Gasteiger partial charge in [0.15, 0.2) is 0 Å². The van der Waals surface area contributed by atoms with E-state index < -0.39 is 0 Å². The predicted octanol–water partition coefficient (Wildman–Crippen LogP) is 2.85. The van der Waals surface area contributed by atoms with Crippen LogP contribution in [0.25, 0.3) is 0 Å². The lowest BCUT2D eigenvalue weighted by atomic mass is 9.74. The second-order valence-electron chi connectivity index (χ2n) is 8.75. The van der Waals surface area contributed by atoms with Crippen LogP contribution in [0.15, 0.2) is 23.3 Å². The predicted molar refractivity (Wildman–Crippen MR) is 103 cm³/mol. The number of nitrogens with one attached hydrogen (secondary N) is 1. The van der Waals surface area contributed by atoms with Gasteiger partial charge in [0.05, 0.1) is 23.4 Å². The summed E-state index contributed by atoms with van der Waals surface area (Å²) in [4.78, 5) is 2.50. The Balaban J connectivity index is 1.41. The van der Waals surface area contributed by atoms with E-state index in [1.165, 1.54) is 44.6 Å². The molecule has 1 aromatic rings. The molecule has 3 aliphatic heterocycles. The standard InChI is InChI=1S/C21H27N5/c1-15-8-18(7-6-17(15)10-22)26-19(16-4-2-3-5-16)9-20(24-26)25-13-21(14-25)11-23-12-21/h6-8,16,19,23H,2-5,9,11-14H2,1H3. The molecule has 26 heavy (non-hydrogen) atoms. The van der Waals surface area contributed by atoms with Gasteiger partial charge in [0.25, 0.3) is 0 Å². The molecule has 4 aliphatic rings. The Morgan fingerprint density at radius 3 is 2.62 bits per heavy atom. The van der Waals surface area contributed by atoms with Gasteiger partial charge >= 0.3 is 0 Å². The normalized spacial score (nSPS) is 27.2. The van der Waals surface area contributed by atoms with Gasteiger partial charge in [0.2, 0.25) is 0 Å². The zero-order chi connectivity index (χ0) is 17.7. The van der Waals surface area contributed by atoms with Crippen molar-refractivity contribution in [2.75, 3.05) is 31.2 Å². The van der Waals surface area contributed by atoms with Crippen LogP contribution in [-0.4, -0.2) is 43.0 Å². The van der Waals surface area contributed by atoms with Gasteiger partial charge in [-0.3, -0.25) is 5.01 Å². The van der Waals surface area contributed by atoms with Crippen LogP contribution in [0.3, 0.4) is 0 Å². The number of benzene rings is 1. The number of nitriles is 1. The van der Waals surface area contributed by atoms with Gasteiger partial charge in [0.1, 0.15) is 5.84 Å². The maximum atomic E-state index is 9.23. The minimum absolute atomic E-state index is 0.482.